The van der Waals surface area contributed by atoms with Crippen LogP contribution in [0.4, 0.5) is 5.69 Å². The number of nitrogens with two attached hydrogens (primary N) is 1. The molecule has 0 spiro atoms. The summed E-state index contributed by atoms with van der Waals surface area (Å²) in [5.41, 5.74) is 7.42. The number of pyridine rings is 1. The number of anilines is 1. The van der Waals surface area contributed by atoms with Gasteiger partial charge in [-0.3, -0.25) is 0 Å². The van der Waals surface area contributed by atoms with Gasteiger partial charge in [0, 0.05) is 6.07 Å². The van der Waals surface area contributed by atoms with Gasteiger partial charge in [0.25, 0.3) is 0 Å². The Hall–Kier alpha value is -1.25. The van der Waals surface area contributed by atoms with E-state index >= 15 is 0 Å². The fourth-order valence-corrected chi connectivity index (χ4v) is 1.50. The van der Waals surface area contributed by atoms with Crippen LogP contribution in [0.2, 0.25) is 0 Å². The molecule has 0 atom stereocenters. The van der Waals surface area contributed by atoms with Gasteiger partial charge >= 0.3 is 0 Å². The minimum absolute atomic E-state index is 0.683. The molecule has 0 aliphatic heterocycles. The van der Waals surface area contributed by atoms with E-state index in [1.807, 2.05) is 13.0 Å². The number of nitrogen functional groups attached to an aromatic ring is 1. The monoisotopic (exact) mass is 222 g/mol. The Kier molecular flexibility index (Phi) is 5.68. The summed E-state index contributed by atoms with van der Waals surface area (Å²) in [6, 6.07) is 1.89. The van der Waals surface area contributed by atoms with E-state index in [9.17, 15) is 0 Å². The average Bonchev–Trinajstić information content (AvgIpc) is 2.28. The number of unbranched alkanes of at least 4 members (excludes halogenated alkanes) is 4. The largest absolute Gasteiger partial charge is 0.478 e. The van der Waals surface area contributed by atoms with E-state index < -0.39 is 0 Å². The second-order valence-electron chi connectivity index (χ2n) is 4.14. The van der Waals surface area contributed by atoms with Crippen LogP contribution in [0.5, 0.6) is 5.88 Å². The molecule has 16 heavy (non-hydrogen) atoms. The summed E-state index contributed by atoms with van der Waals surface area (Å²) in [6.07, 6.45) is 7.89. The fraction of sp³-hybridized carbons (Fsp3) is 0.615. The van der Waals surface area contributed by atoms with Crippen LogP contribution in [-0.2, 0) is 0 Å². The van der Waals surface area contributed by atoms with Gasteiger partial charge in [-0.1, -0.05) is 32.6 Å². The molecular formula is C13H22N2O. The molecule has 0 saturated heterocycles. The quantitative estimate of drug-likeness (QED) is 0.720. The Morgan fingerprint density at radius 2 is 2.00 bits per heavy atom. The summed E-state index contributed by atoms with van der Waals surface area (Å²) in [7, 11) is 0. The number of hydrogen-bond acceptors (Lipinski definition) is 3. The lowest BCUT2D eigenvalue weighted by Crippen LogP contribution is -2.00. The number of rotatable bonds is 7. The molecule has 0 aromatic carbocycles. The van der Waals surface area contributed by atoms with Crippen molar-refractivity contribution in [2.75, 3.05) is 12.3 Å². The lowest BCUT2D eigenvalue weighted by molar-refractivity contribution is 0.293. The Morgan fingerprint density at radius 1 is 1.25 bits per heavy atom. The highest BCUT2D eigenvalue weighted by Crippen LogP contribution is 2.15. The zero-order valence-electron chi connectivity index (χ0n) is 10.3. The van der Waals surface area contributed by atoms with Gasteiger partial charge in [-0.2, -0.15) is 0 Å². The molecule has 0 unspecified atom stereocenters. The number of aryl methyl sites for hydroxylation is 1. The van der Waals surface area contributed by atoms with Crippen LogP contribution in [0.3, 0.4) is 0 Å². The standard InChI is InChI=1S/C13H22N2O/c1-3-4-5-6-7-8-16-13-9-11(2)12(14)10-15-13/h9-10H,3-8,14H2,1-2H3. The molecular weight excluding hydrogens is 200 g/mol. The third kappa shape index (κ3) is 4.51. The SMILES string of the molecule is CCCCCCCOc1cc(C)c(N)cn1. The maximum atomic E-state index is 5.68. The molecule has 1 aromatic heterocycles. The van der Waals surface area contributed by atoms with Gasteiger partial charge in [0.15, 0.2) is 0 Å². The van der Waals surface area contributed by atoms with Crippen LogP contribution in [0, 0.1) is 6.92 Å². The number of hydrogen-bond donors (Lipinski definition) is 1. The first-order valence-electron chi connectivity index (χ1n) is 6.09. The number of aromatic nitrogens is 1. The van der Waals surface area contributed by atoms with Gasteiger partial charge in [-0.15, -0.1) is 0 Å². The summed E-state index contributed by atoms with van der Waals surface area (Å²) in [5.74, 6) is 0.683. The molecule has 0 aliphatic rings. The van der Waals surface area contributed by atoms with Crippen molar-refractivity contribution in [3.8, 4) is 5.88 Å². The van der Waals surface area contributed by atoms with Gasteiger partial charge in [0.2, 0.25) is 5.88 Å². The maximum absolute atomic E-state index is 5.68. The molecule has 1 heterocycles. The third-order valence-electron chi connectivity index (χ3n) is 2.62. The van der Waals surface area contributed by atoms with Gasteiger partial charge in [0.1, 0.15) is 0 Å². The molecule has 90 valence electrons. The van der Waals surface area contributed by atoms with Crippen molar-refractivity contribution < 1.29 is 4.74 Å². The number of nitrogens with zero attached hydrogens (tertiary/aromatic N) is 1. The Labute approximate surface area is 98.0 Å². The Balaban J connectivity index is 2.19. The van der Waals surface area contributed by atoms with Gasteiger partial charge in [-0.05, 0) is 18.9 Å². The zero-order chi connectivity index (χ0) is 11.8. The molecule has 0 aliphatic carbocycles. The highest BCUT2D eigenvalue weighted by atomic mass is 16.5. The van der Waals surface area contributed by atoms with Crippen molar-refractivity contribution in [1.29, 1.82) is 0 Å². The number of ether oxygens (including phenoxy) is 1. The van der Waals surface area contributed by atoms with Gasteiger partial charge in [-0.25, -0.2) is 4.98 Å². The summed E-state index contributed by atoms with van der Waals surface area (Å²) < 4.78 is 5.56. The Bertz CT molecular complexity index is 313. The van der Waals surface area contributed by atoms with Gasteiger partial charge < -0.3 is 10.5 Å². The van der Waals surface area contributed by atoms with E-state index in [4.69, 9.17) is 10.5 Å². The van der Waals surface area contributed by atoms with Crippen molar-refractivity contribution in [1.82, 2.24) is 4.98 Å². The minimum atomic E-state index is 0.683. The van der Waals surface area contributed by atoms with Crippen LogP contribution in [0.25, 0.3) is 0 Å². The smallest absolute Gasteiger partial charge is 0.213 e. The van der Waals surface area contributed by atoms with Crippen molar-refractivity contribution in [3.63, 3.8) is 0 Å². The lowest BCUT2D eigenvalue weighted by atomic mass is 10.2. The van der Waals surface area contributed by atoms with Crippen LogP contribution >= 0.6 is 0 Å². The van der Waals surface area contributed by atoms with Crippen LogP contribution in [0.15, 0.2) is 12.3 Å². The highest BCUT2D eigenvalue weighted by molar-refractivity contribution is 5.45. The first kappa shape index (κ1) is 12.8. The predicted molar refractivity (Wildman–Crippen MR) is 67.6 cm³/mol. The van der Waals surface area contributed by atoms with E-state index in [2.05, 4.69) is 11.9 Å². The molecule has 0 radical (unpaired) electrons. The fourth-order valence-electron chi connectivity index (χ4n) is 1.50. The molecule has 0 saturated carbocycles. The minimum Gasteiger partial charge on any atom is -0.478 e. The second kappa shape index (κ2) is 7.09. The van der Waals surface area contributed by atoms with Crippen LogP contribution in [-0.4, -0.2) is 11.6 Å². The average molecular weight is 222 g/mol. The molecule has 3 nitrogen and oxygen atoms in total. The molecule has 0 bridgehead atoms. The Morgan fingerprint density at radius 3 is 2.69 bits per heavy atom. The highest BCUT2D eigenvalue weighted by Gasteiger charge is 1.98. The van der Waals surface area contributed by atoms with Gasteiger partial charge in [0.05, 0.1) is 18.5 Å². The maximum Gasteiger partial charge on any atom is 0.213 e. The lowest BCUT2D eigenvalue weighted by Gasteiger charge is -2.06. The normalized spacial score (nSPS) is 10.4. The first-order valence-corrected chi connectivity index (χ1v) is 6.09. The summed E-state index contributed by atoms with van der Waals surface area (Å²) in [5, 5.41) is 0. The van der Waals surface area contributed by atoms with Crippen LogP contribution < -0.4 is 10.5 Å². The van der Waals surface area contributed by atoms with E-state index in [1.165, 1.54) is 25.7 Å². The van der Waals surface area contributed by atoms with Crippen molar-refractivity contribution in [3.05, 3.63) is 17.8 Å². The summed E-state index contributed by atoms with van der Waals surface area (Å²) >= 11 is 0. The molecule has 0 fully saturated rings. The predicted octanol–water partition coefficient (Wildman–Crippen LogP) is 3.32. The molecule has 2 N–H and O–H groups in total. The zero-order valence-corrected chi connectivity index (χ0v) is 10.3. The molecule has 3 heteroatoms. The van der Waals surface area contributed by atoms with Crippen molar-refractivity contribution >= 4 is 5.69 Å². The van der Waals surface area contributed by atoms with Crippen LogP contribution in [0.1, 0.15) is 44.6 Å². The molecule has 0 amide bonds. The van der Waals surface area contributed by atoms with E-state index in [0.29, 0.717) is 5.88 Å². The third-order valence-corrected chi connectivity index (χ3v) is 2.62. The van der Waals surface area contributed by atoms with E-state index in [0.717, 1.165) is 24.3 Å². The summed E-state index contributed by atoms with van der Waals surface area (Å²) in [4.78, 5) is 4.13. The summed E-state index contributed by atoms with van der Waals surface area (Å²) in [6.45, 7) is 4.93. The van der Waals surface area contributed by atoms with Crippen molar-refractivity contribution in [2.24, 2.45) is 0 Å². The second-order valence-corrected chi connectivity index (χ2v) is 4.14. The molecule has 1 aromatic rings. The van der Waals surface area contributed by atoms with E-state index in [-0.39, 0.29) is 0 Å². The van der Waals surface area contributed by atoms with Crippen molar-refractivity contribution in [2.45, 2.75) is 46.0 Å². The molecule has 1 rings (SSSR count). The topological polar surface area (TPSA) is 48.1 Å². The van der Waals surface area contributed by atoms with E-state index in [1.54, 1.807) is 6.20 Å². The first-order chi connectivity index (χ1) is 7.74.